The number of carbonyl (C=O) groups excluding carboxylic acids is 2. The first-order chi connectivity index (χ1) is 13.0. The Hall–Kier alpha value is -3.22. The van der Waals surface area contributed by atoms with Crippen LogP contribution in [0.4, 0.5) is 5.69 Å². The maximum absolute atomic E-state index is 12.0. The third-order valence-corrected chi connectivity index (χ3v) is 3.85. The molecule has 0 radical (unpaired) electrons. The van der Waals surface area contributed by atoms with Crippen LogP contribution in [0.2, 0.25) is 0 Å². The highest BCUT2D eigenvalue weighted by atomic mass is 16.5. The predicted molar refractivity (Wildman–Crippen MR) is 103 cm³/mol. The smallest absolute Gasteiger partial charge is 0.258 e. The molecule has 0 heterocycles. The second-order valence-electron chi connectivity index (χ2n) is 5.66. The van der Waals surface area contributed by atoms with E-state index < -0.39 is 0 Å². The Kier molecular flexibility index (Phi) is 7.49. The number of rotatable bonds is 9. The molecule has 144 valence electrons. The van der Waals surface area contributed by atoms with E-state index in [9.17, 15) is 9.59 Å². The number of carbonyl (C=O) groups is 2. The fraction of sp³-hybridized carbons (Fsp3) is 0.300. The highest BCUT2D eigenvalue weighted by Gasteiger charge is 2.12. The number of hydrogen-bond acceptors (Lipinski definition) is 5. The van der Waals surface area contributed by atoms with Gasteiger partial charge in [-0.25, -0.2) is 0 Å². The van der Waals surface area contributed by atoms with Gasteiger partial charge in [0.15, 0.2) is 18.1 Å². The summed E-state index contributed by atoms with van der Waals surface area (Å²) in [6, 6.07) is 14.3. The van der Waals surface area contributed by atoms with Crippen LogP contribution >= 0.6 is 0 Å². The average molecular weight is 372 g/mol. The number of nitrogens with one attached hydrogen (secondary N) is 1. The zero-order chi connectivity index (χ0) is 19.6. The lowest BCUT2D eigenvalue weighted by Gasteiger charge is -2.21. The molecule has 27 heavy (non-hydrogen) atoms. The molecule has 0 aliphatic carbocycles. The van der Waals surface area contributed by atoms with Gasteiger partial charge in [-0.2, -0.15) is 0 Å². The molecule has 7 heteroatoms. The van der Waals surface area contributed by atoms with Gasteiger partial charge in [0.2, 0.25) is 5.91 Å². The number of ether oxygens (including phenoxy) is 3. The molecule has 0 aliphatic heterocycles. The fourth-order valence-corrected chi connectivity index (χ4v) is 2.47. The minimum atomic E-state index is -0.279. The molecule has 0 atom stereocenters. The van der Waals surface area contributed by atoms with Crippen molar-refractivity contribution in [2.45, 2.75) is 6.92 Å². The van der Waals surface area contributed by atoms with Gasteiger partial charge in [0.25, 0.3) is 5.91 Å². The van der Waals surface area contributed by atoms with E-state index in [1.165, 1.54) is 14.0 Å². The van der Waals surface area contributed by atoms with E-state index in [-0.39, 0.29) is 18.4 Å². The van der Waals surface area contributed by atoms with Crippen LogP contribution < -0.4 is 24.4 Å². The van der Waals surface area contributed by atoms with Crippen molar-refractivity contribution >= 4 is 17.5 Å². The van der Waals surface area contributed by atoms with E-state index in [0.717, 1.165) is 5.69 Å². The maximum Gasteiger partial charge on any atom is 0.258 e. The summed E-state index contributed by atoms with van der Waals surface area (Å²) in [5.74, 6) is 1.38. The van der Waals surface area contributed by atoms with E-state index in [1.54, 1.807) is 54.5 Å². The first-order valence-corrected chi connectivity index (χ1v) is 8.50. The minimum absolute atomic E-state index is 0.111. The van der Waals surface area contributed by atoms with Crippen LogP contribution in [0.15, 0.2) is 48.5 Å². The fourth-order valence-electron chi connectivity index (χ4n) is 2.47. The average Bonchev–Trinajstić information content (AvgIpc) is 2.69. The molecular weight excluding hydrogens is 348 g/mol. The van der Waals surface area contributed by atoms with Crippen LogP contribution in [0.5, 0.6) is 17.2 Å². The van der Waals surface area contributed by atoms with Crippen molar-refractivity contribution in [2.75, 3.05) is 38.8 Å². The van der Waals surface area contributed by atoms with Crippen molar-refractivity contribution in [3.63, 3.8) is 0 Å². The molecule has 0 aliphatic rings. The van der Waals surface area contributed by atoms with E-state index in [1.807, 2.05) is 6.07 Å². The third kappa shape index (κ3) is 5.91. The SMILES string of the molecule is COc1ccc(N(CCNC(=O)COc2ccccc2OC)C(C)=O)cc1. The summed E-state index contributed by atoms with van der Waals surface area (Å²) in [6.45, 7) is 2.00. The molecule has 0 saturated carbocycles. The number of methoxy groups -OCH3 is 2. The number of amides is 2. The second-order valence-corrected chi connectivity index (χ2v) is 5.66. The van der Waals surface area contributed by atoms with Crippen molar-refractivity contribution in [3.8, 4) is 17.2 Å². The van der Waals surface area contributed by atoms with Crippen molar-refractivity contribution in [1.29, 1.82) is 0 Å². The largest absolute Gasteiger partial charge is 0.497 e. The Morgan fingerprint density at radius 3 is 2.22 bits per heavy atom. The number of hydrogen-bond donors (Lipinski definition) is 1. The van der Waals surface area contributed by atoms with Crippen LogP contribution in [0.1, 0.15) is 6.92 Å². The zero-order valence-electron chi connectivity index (χ0n) is 15.7. The number of para-hydroxylation sites is 2. The normalized spacial score (nSPS) is 10.0. The molecule has 1 N–H and O–H groups in total. The molecule has 2 aromatic carbocycles. The van der Waals surface area contributed by atoms with Crippen molar-refractivity contribution in [1.82, 2.24) is 5.32 Å². The molecule has 0 aromatic heterocycles. The van der Waals surface area contributed by atoms with Crippen molar-refractivity contribution < 1.29 is 23.8 Å². The Labute approximate surface area is 158 Å². The van der Waals surface area contributed by atoms with Crippen LogP contribution in [-0.4, -0.2) is 45.7 Å². The summed E-state index contributed by atoms with van der Waals surface area (Å²) < 4.78 is 15.8. The first kappa shape index (κ1) is 20.1. The van der Waals surface area contributed by atoms with Crippen molar-refractivity contribution in [2.24, 2.45) is 0 Å². The summed E-state index contributed by atoms with van der Waals surface area (Å²) >= 11 is 0. The van der Waals surface area contributed by atoms with Gasteiger partial charge in [-0.1, -0.05) is 12.1 Å². The van der Waals surface area contributed by atoms with Gasteiger partial charge in [0.1, 0.15) is 5.75 Å². The van der Waals surface area contributed by atoms with Crippen LogP contribution in [-0.2, 0) is 9.59 Å². The van der Waals surface area contributed by atoms with E-state index in [4.69, 9.17) is 14.2 Å². The molecule has 7 nitrogen and oxygen atoms in total. The van der Waals surface area contributed by atoms with Gasteiger partial charge >= 0.3 is 0 Å². The summed E-state index contributed by atoms with van der Waals surface area (Å²) in [7, 11) is 3.12. The summed E-state index contributed by atoms with van der Waals surface area (Å²) in [4.78, 5) is 25.5. The monoisotopic (exact) mass is 372 g/mol. The zero-order valence-corrected chi connectivity index (χ0v) is 15.7. The number of benzene rings is 2. The third-order valence-electron chi connectivity index (χ3n) is 3.85. The Balaban J connectivity index is 1.83. The molecule has 0 unspecified atom stereocenters. The molecule has 2 rings (SSSR count). The highest BCUT2D eigenvalue weighted by molar-refractivity contribution is 5.91. The van der Waals surface area contributed by atoms with Gasteiger partial charge in [-0.05, 0) is 36.4 Å². The molecule has 0 bridgehead atoms. The van der Waals surface area contributed by atoms with E-state index in [2.05, 4.69) is 5.32 Å². The lowest BCUT2D eigenvalue weighted by molar-refractivity contribution is -0.123. The second kappa shape index (κ2) is 10.1. The van der Waals surface area contributed by atoms with Gasteiger partial charge < -0.3 is 24.4 Å². The van der Waals surface area contributed by atoms with Gasteiger partial charge in [-0.3, -0.25) is 9.59 Å². The topological polar surface area (TPSA) is 77.1 Å². The standard InChI is InChI=1S/C20H24N2O5/c1-15(23)22(16-8-10-17(25-2)11-9-16)13-12-21-20(24)14-27-19-7-5-4-6-18(19)26-3/h4-11H,12-14H2,1-3H3,(H,21,24). The summed E-state index contributed by atoms with van der Waals surface area (Å²) in [5.41, 5.74) is 0.739. The molecular formula is C20H24N2O5. The molecule has 2 aromatic rings. The Morgan fingerprint density at radius 1 is 0.963 bits per heavy atom. The summed E-state index contributed by atoms with van der Waals surface area (Å²) in [6.07, 6.45) is 0. The highest BCUT2D eigenvalue weighted by Crippen LogP contribution is 2.25. The van der Waals surface area contributed by atoms with Crippen LogP contribution in [0, 0.1) is 0 Å². The minimum Gasteiger partial charge on any atom is -0.497 e. The molecule has 2 amide bonds. The molecule has 0 saturated heterocycles. The summed E-state index contributed by atoms with van der Waals surface area (Å²) in [5, 5.41) is 2.74. The lowest BCUT2D eigenvalue weighted by atomic mass is 10.2. The molecule has 0 spiro atoms. The number of anilines is 1. The van der Waals surface area contributed by atoms with E-state index in [0.29, 0.717) is 30.3 Å². The number of nitrogens with zero attached hydrogens (tertiary/aromatic N) is 1. The lowest BCUT2D eigenvalue weighted by Crippen LogP contribution is -2.39. The quantitative estimate of drug-likeness (QED) is 0.731. The van der Waals surface area contributed by atoms with Crippen molar-refractivity contribution in [3.05, 3.63) is 48.5 Å². The van der Waals surface area contributed by atoms with Crippen LogP contribution in [0.3, 0.4) is 0 Å². The van der Waals surface area contributed by atoms with E-state index >= 15 is 0 Å². The van der Waals surface area contributed by atoms with Gasteiger partial charge in [0, 0.05) is 25.7 Å². The Morgan fingerprint density at radius 2 is 1.63 bits per heavy atom. The van der Waals surface area contributed by atoms with Gasteiger partial charge in [-0.15, -0.1) is 0 Å². The molecule has 0 fully saturated rings. The predicted octanol–water partition coefficient (Wildman–Crippen LogP) is 2.25. The maximum atomic E-state index is 12.0. The van der Waals surface area contributed by atoms with Crippen LogP contribution in [0.25, 0.3) is 0 Å². The van der Waals surface area contributed by atoms with Gasteiger partial charge in [0.05, 0.1) is 14.2 Å². The first-order valence-electron chi connectivity index (χ1n) is 8.50. The Bertz CT molecular complexity index is 761.